The summed E-state index contributed by atoms with van der Waals surface area (Å²) in [7, 11) is -3.02. The van der Waals surface area contributed by atoms with E-state index in [0.29, 0.717) is 17.1 Å². The molecule has 0 atom stereocenters. The number of sulfone groups is 1. The van der Waals surface area contributed by atoms with Crippen LogP contribution in [0.15, 0.2) is 18.2 Å². The number of hydrogen-bond donors (Lipinski definition) is 1. The first-order valence-electron chi connectivity index (χ1n) is 6.89. The van der Waals surface area contributed by atoms with Crippen molar-refractivity contribution in [3.05, 3.63) is 34.1 Å². The molecule has 1 heterocycles. The summed E-state index contributed by atoms with van der Waals surface area (Å²) in [5, 5.41) is 3.10. The van der Waals surface area contributed by atoms with Crippen molar-refractivity contribution in [2.24, 2.45) is 0 Å². The van der Waals surface area contributed by atoms with Crippen LogP contribution in [0.1, 0.15) is 17.5 Å². The van der Waals surface area contributed by atoms with Crippen LogP contribution in [-0.2, 0) is 29.2 Å². The molecular weight excluding hydrogens is 306 g/mol. The van der Waals surface area contributed by atoms with Crippen molar-refractivity contribution >= 4 is 22.1 Å². The number of aryl methyl sites for hydroxylation is 3. The van der Waals surface area contributed by atoms with Crippen LogP contribution in [0.3, 0.4) is 0 Å². The maximum Gasteiger partial charge on any atom is 0.216 e. The van der Waals surface area contributed by atoms with Gasteiger partial charge < -0.3 is 0 Å². The molecule has 0 amide bonds. The summed E-state index contributed by atoms with van der Waals surface area (Å²) in [5.41, 5.74) is 3.78. The van der Waals surface area contributed by atoms with Gasteiger partial charge in [-0.15, -0.1) is 0 Å². The predicted molar refractivity (Wildman–Crippen MR) is 84.6 cm³/mol. The number of nitrogens with zero attached hydrogens (tertiary/aromatic N) is 2. The van der Waals surface area contributed by atoms with Gasteiger partial charge in [0.15, 0.2) is 5.82 Å². The van der Waals surface area contributed by atoms with Gasteiger partial charge in [-0.1, -0.05) is 12.1 Å². The molecule has 1 N–H and O–H groups in total. The number of fused-ring (bicyclic) bond motifs is 1. The van der Waals surface area contributed by atoms with E-state index in [9.17, 15) is 8.42 Å². The second-order valence-electron chi connectivity index (χ2n) is 5.47. The summed E-state index contributed by atoms with van der Waals surface area (Å²) < 4.78 is 24.5. The quantitative estimate of drug-likeness (QED) is 0.875. The fourth-order valence-corrected chi connectivity index (χ4v) is 3.36. The molecule has 21 heavy (non-hydrogen) atoms. The Morgan fingerprint density at radius 3 is 2.86 bits per heavy atom. The first kappa shape index (κ1) is 14.5. The molecule has 3 rings (SSSR count). The Bertz CT molecular complexity index is 834. The number of hydrogen-bond acceptors (Lipinski definition) is 4. The molecule has 1 aliphatic rings. The number of nitrogens with one attached hydrogen (secondary N) is 1. The van der Waals surface area contributed by atoms with Gasteiger partial charge in [-0.05, 0) is 48.7 Å². The SMILES string of the molecule is CS(=O)(=O)CCn1[nH]c(-c2ccc3c(c2)CCC3)nc1=S. The molecule has 0 saturated carbocycles. The van der Waals surface area contributed by atoms with E-state index in [4.69, 9.17) is 12.2 Å². The predicted octanol–water partition coefficient (Wildman–Crippen LogP) is 2.14. The Morgan fingerprint density at radius 2 is 2.10 bits per heavy atom. The summed E-state index contributed by atoms with van der Waals surface area (Å²) in [6.07, 6.45) is 4.68. The van der Waals surface area contributed by atoms with Crippen molar-refractivity contribution in [3.63, 3.8) is 0 Å². The van der Waals surface area contributed by atoms with E-state index in [1.807, 2.05) is 6.07 Å². The average Bonchev–Trinajstić information content (AvgIpc) is 3.01. The smallest absolute Gasteiger partial charge is 0.216 e. The van der Waals surface area contributed by atoms with Crippen LogP contribution in [-0.4, -0.2) is 35.2 Å². The molecule has 1 aromatic heterocycles. The van der Waals surface area contributed by atoms with Crippen LogP contribution in [0.5, 0.6) is 0 Å². The zero-order valence-corrected chi connectivity index (χ0v) is 13.4. The minimum Gasteiger partial charge on any atom is -0.279 e. The number of aromatic amines is 1. The van der Waals surface area contributed by atoms with Crippen molar-refractivity contribution < 1.29 is 8.42 Å². The van der Waals surface area contributed by atoms with Crippen LogP contribution in [0, 0.1) is 4.77 Å². The second kappa shape index (κ2) is 5.38. The number of rotatable bonds is 4. The Hall–Kier alpha value is -1.47. The van der Waals surface area contributed by atoms with E-state index < -0.39 is 9.84 Å². The highest BCUT2D eigenvalue weighted by Gasteiger charge is 2.13. The van der Waals surface area contributed by atoms with Gasteiger partial charge in [0, 0.05) is 11.8 Å². The molecule has 1 aromatic carbocycles. The molecule has 0 aliphatic heterocycles. The van der Waals surface area contributed by atoms with E-state index >= 15 is 0 Å². The van der Waals surface area contributed by atoms with E-state index in [2.05, 4.69) is 22.2 Å². The normalized spacial score (nSPS) is 14.3. The third-order valence-corrected chi connectivity index (χ3v) is 4.97. The summed E-state index contributed by atoms with van der Waals surface area (Å²) in [4.78, 5) is 4.33. The molecule has 5 nitrogen and oxygen atoms in total. The van der Waals surface area contributed by atoms with Gasteiger partial charge >= 0.3 is 0 Å². The number of aromatic nitrogens is 3. The zero-order chi connectivity index (χ0) is 15.0. The van der Waals surface area contributed by atoms with Crippen molar-refractivity contribution in [1.29, 1.82) is 0 Å². The third-order valence-electron chi connectivity index (χ3n) is 3.74. The van der Waals surface area contributed by atoms with Crippen LogP contribution < -0.4 is 0 Å². The molecule has 2 aromatic rings. The summed E-state index contributed by atoms with van der Waals surface area (Å²) >= 11 is 5.19. The van der Waals surface area contributed by atoms with Crippen molar-refractivity contribution in [2.45, 2.75) is 25.8 Å². The molecule has 1 aliphatic carbocycles. The summed E-state index contributed by atoms with van der Waals surface area (Å²) in [5.74, 6) is 0.746. The van der Waals surface area contributed by atoms with Gasteiger partial charge in [-0.25, -0.2) is 8.42 Å². The van der Waals surface area contributed by atoms with E-state index in [1.165, 1.54) is 23.8 Å². The zero-order valence-electron chi connectivity index (χ0n) is 11.8. The van der Waals surface area contributed by atoms with E-state index in [0.717, 1.165) is 18.4 Å². The van der Waals surface area contributed by atoms with Gasteiger partial charge in [-0.2, -0.15) is 4.98 Å². The number of H-pyrrole nitrogens is 1. The fraction of sp³-hybridized carbons (Fsp3) is 0.429. The molecule has 7 heteroatoms. The molecule has 0 bridgehead atoms. The van der Waals surface area contributed by atoms with Gasteiger partial charge in [0.05, 0.1) is 12.3 Å². The fourth-order valence-electron chi connectivity index (χ4n) is 2.61. The summed E-state index contributed by atoms with van der Waals surface area (Å²) in [6, 6.07) is 6.33. The Labute approximate surface area is 128 Å². The Kier molecular flexibility index (Phi) is 3.71. The van der Waals surface area contributed by atoms with Gasteiger partial charge in [0.1, 0.15) is 9.84 Å². The molecule has 112 valence electrons. The van der Waals surface area contributed by atoms with E-state index in [-0.39, 0.29) is 5.75 Å². The highest BCUT2D eigenvalue weighted by molar-refractivity contribution is 7.90. The van der Waals surface area contributed by atoms with Gasteiger partial charge in [-0.3, -0.25) is 9.78 Å². The minimum atomic E-state index is -3.02. The Balaban J connectivity index is 1.88. The van der Waals surface area contributed by atoms with Crippen molar-refractivity contribution in [1.82, 2.24) is 14.8 Å². The first-order valence-corrected chi connectivity index (χ1v) is 9.36. The van der Waals surface area contributed by atoms with Crippen LogP contribution in [0.25, 0.3) is 11.4 Å². The monoisotopic (exact) mass is 323 g/mol. The molecule has 0 radical (unpaired) electrons. The topological polar surface area (TPSA) is 67.8 Å². The molecule has 0 fully saturated rings. The average molecular weight is 323 g/mol. The highest BCUT2D eigenvalue weighted by atomic mass is 32.2. The summed E-state index contributed by atoms with van der Waals surface area (Å²) in [6.45, 7) is 0.301. The standard InChI is InChI=1S/C14H17N3O2S2/c1-21(18,19)8-7-17-14(20)15-13(16-17)12-6-5-10-3-2-4-11(10)9-12/h5-6,9H,2-4,7-8H2,1H3,(H,15,16,20). The van der Waals surface area contributed by atoms with Gasteiger partial charge in [0.2, 0.25) is 4.77 Å². The van der Waals surface area contributed by atoms with Crippen LogP contribution in [0.2, 0.25) is 0 Å². The molecular formula is C14H17N3O2S2. The molecule has 0 spiro atoms. The molecule has 0 unspecified atom stereocenters. The maximum atomic E-state index is 11.2. The third kappa shape index (κ3) is 3.24. The van der Waals surface area contributed by atoms with Crippen molar-refractivity contribution in [2.75, 3.05) is 12.0 Å². The lowest BCUT2D eigenvalue weighted by atomic mass is 10.1. The lowest BCUT2D eigenvalue weighted by Crippen LogP contribution is -2.12. The number of benzene rings is 1. The second-order valence-corrected chi connectivity index (χ2v) is 8.10. The van der Waals surface area contributed by atoms with Crippen LogP contribution in [0.4, 0.5) is 0 Å². The molecule has 0 saturated heterocycles. The minimum absolute atomic E-state index is 0.0487. The lowest BCUT2D eigenvalue weighted by molar-refractivity contribution is 0.584. The largest absolute Gasteiger partial charge is 0.279 e. The Morgan fingerprint density at radius 1 is 1.33 bits per heavy atom. The van der Waals surface area contributed by atoms with Crippen molar-refractivity contribution in [3.8, 4) is 11.4 Å². The lowest BCUT2D eigenvalue weighted by Gasteiger charge is -2.03. The first-order chi connectivity index (χ1) is 9.92. The van der Waals surface area contributed by atoms with Gasteiger partial charge in [0.25, 0.3) is 0 Å². The van der Waals surface area contributed by atoms with E-state index in [1.54, 1.807) is 4.68 Å². The van der Waals surface area contributed by atoms with Crippen LogP contribution >= 0.6 is 12.2 Å². The maximum absolute atomic E-state index is 11.2. The highest BCUT2D eigenvalue weighted by Crippen LogP contribution is 2.26.